The van der Waals surface area contributed by atoms with Gasteiger partial charge in [0, 0.05) is 0 Å². The highest BCUT2D eigenvalue weighted by Crippen LogP contribution is 2.23. The van der Waals surface area contributed by atoms with Crippen LogP contribution in [0.5, 0.6) is 11.5 Å². The van der Waals surface area contributed by atoms with Crippen LogP contribution in [0.25, 0.3) is 0 Å². The molecule has 0 saturated carbocycles. The maximum atomic E-state index is 12.1. The Hall–Kier alpha value is -3.80. The van der Waals surface area contributed by atoms with Crippen LogP contribution in [0.4, 0.5) is 11.4 Å². The smallest absolute Gasteiger partial charge is 0.343 e. The van der Waals surface area contributed by atoms with Crippen LogP contribution in [0.2, 0.25) is 0 Å². The van der Waals surface area contributed by atoms with Gasteiger partial charge in [0.2, 0.25) is 0 Å². The Bertz CT molecular complexity index is 947. The minimum absolute atomic E-state index is 0.365. The SMILES string of the molecule is Cc1ccc(C(=O)Oc2ccc(N=Nc3ccc(OC=O)cc3)cc2)cc1. The Morgan fingerprint density at radius 3 is 1.81 bits per heavy atom. The highest BCUT2D eigenvalue weighted by Gasteiger charge is 2.08. The molecule has 0 heterocycles. The number of rotatable bonds is 6. The van der Waals surface area contributed by atoms with E-state index in [1.54, 1.807) is 60.7 Å². The molecule has 134 valence electrons. The predicted molar refractivity (Wildman–Crippen MR) is 99.9 cm³/mol. The van der Waals surface area contributed by atoms with Crippen molar-refractivity contribution in [1.29, 1.82) is 0 Å². The molecule has 6 heteroatoms. The molecule has 0 fully saturated rings. The minimum atomic E-state index is -0.415. The fourth-order valence-corrected chi connectivity index (χ4v) is 2.20. The quantitative estimate of drug-likeness (QED) is 0.263. The predicted octanol–water partition coefficient (Wildman–Crippen LogP) is 5.16. The number of azo groups is 1. The summed E-state index contributed by atoms with van der Waals surface area (Å²) in [7, 11) is 0. The monoisotopic (exact) mass is 360 g/mol. The zero-order valence-electron chi connectivity index (χ0n) is 14.5. The van der Waals surface area contributed by atoms with Gasteiger partial charge in [-0.3, -0.25) is 4.79 Å². The van der Waals surface area contributed by atoms with Gasteiger partial charge in [0.05, 0.1) is 16.9 Å². The maximum absolute atomic E-state index is 12.1. The van der Waals surface area contributed by atoms with Gasteiger partial charge in [-0.15, -0.1) is 0 Å². The van der Waals surface area contributed by atoms with Gasteiger partial charge in [0.25, 0.3) is 6.47 Å². The first-order valence-electron chi connectivity index (χ1n) is 8.15. The Morgan fingerprint density at radius 2 is 1.30 bits per heavy atom. The first-order valence-corrected chi connectivity index (χ1v) is 8.15. The molecule has 0 spiro atoms. The van der Waals surface area contributed by atoms with E-state index in [1.165, 1.54) is 0 Å². The van der Waals surface area contributed by atoms with Crippen LogP contribution in [0.15, 0.2) is 83.0 Å². The van der Waals surface area contributed by atoms with E-state index in [9.17, 15) is 9.59 Å². The number of hydrogen-bond acceptors (Lipinski definition) is 6. The Kier molecular flexibility index (Phi) is 5.69. The zero-order chi connectivity index (χ0) is 19.1. The van der Waals surface area contributed by atoms with Gasteiger partial charge >= 0.3 is 5.97 Å². The van der Waals surface area contributed by atoms with E-state index in [2.05, 4.69) is 10.2 Å². The van der Waals surface area contributed by atoms with Gasteiger partial charge in [-0.05, 0) is 67.6 Å². The number of carbonyl (C=O) groups excluding carboxylic acids is 2. The third kappa shape index (κ3) is 5.09. The van der Waals surface area contributed by atoms with E-state index in [0.717, 1.165) is 5.56 Å². The van der Waals surface area contributed by atoms with Crippen molar-refractivity contribution in [3.8, 4) is 11.5 Å². The van der Waals surface area contributed by atoms with Gasteiger partial charge in [-0.1, -0.05) is 17.7 Å². The molecule has 3 aromatic rings. The van der Waals surface area contributed by atoms with Gasteiger partial charge in [-0.2, -0.15) is 10.2 Å². The van der Waals surface area contributed by atoms with Crippen molar-refractivity contribution in [3.05, 3.63) is 83.9 Å². The van der Waals surface area contributed by atoms with Crippen LogP contribution in [0.1, 0.15) is 15.9 Å². The second-order valence-corrected chi connectivity index (χ2v) is 5.66. The minimum Gasteiger partial charge on any atom is -0.429 e. The summed E-state index contributed by atoms with van der Waals surface area (Å²) in [6, 6.07) is 20.5. The molecule has 0 aromatic heterocycles. The summed E-state index contributed by atoms with van der Waals surface area (Å²) < 4.78 is 10.1. The van der Waals surface area contributed by atoms with Crippen molar-refractivity contribution < 1.29 is 19.1 Å². The number of hydrogen-bond donors (Lipinski definition) is 0. The lowest BCUT2D eigenvalue weighted by atomic mass is 10.1. The summed E-state index contributed by atoms with van der Waals surface area (Å²) in [6.07, 6.45) is 0. The molecule has 0 radical (unpaired) electrons. The number of ether oxygens (including phenoxy) is 2. The molecule has 0 unspecified atom stereocenters. The average molecular weight is 360 g/mol. The molecule has 0 atom stereocenters. The van der Waals surface area contributed by atoms with Crippen LogP contribution < -0.4 is 9.47 Å². The summed E-state index contributed by atoms with van der Waals surface area (Å²) in [5, 5.41) is 8.21. The molecular weight excluding hydrogens is 344 g/mol. The molecule has 0 saturated heterocycles. The zero-order valence-corrected chi connectivity index (χ0v) is 14.5. The first-order chi connectivity index (χ1) is 13.1. The number of nitrogens with zero attached hydrogens (tertiary/aromatic N) is 2. The van der Waals surface area contributed by atoms with E-state index < -0.39 is 5.97 Å². The Balaban J connectivity index is 1.61. The Morgan fingerprint density at radius 1 is 0.778 bits per heavy atom. The summed E-state index contributed by atoms with van der Waals surface area (Å²) in [5.41, 5.74) is 2.79. The van der Waals surface area contributed by atoms with Crippen LogP contribution in [0, 0.1) is 6.92 Å². The van der Waals surface area contributed by atoms with Crippen molar-refractivity contribution in [2.45, 2.75) is 6.92 Å². The van der Waals surface area contributed by atoms with Crippen molar-refractivity contribution >= 4 is 23.8 Å². The summed E-state index contributed by atoms with van der Waals surface area (Å²) >= 11 is 0. The molecule has 3 rings (SSSR count). The van der Waals surface area contributed by atoms with Gasteiger partial charge in [-0.25, -0.2) is 4.79 Å². The number of carbonyl (C=O) groups is 2. The van der Waals surface area contributed by atoms with Gasteiger partial charge in [0.1, 0.15) is 11.5 Å². The third-order valence-electron chi connectivity index (χ3n) is 3.64. The fourth-order valence-electron chi connectivity index (χ4n) is 2.20. The van der Waals surface area contributed by atoms with Crippen LogP contribution in [0.3, 0.4) is 0 Å². The van der Waals surface area contributed by atoms with Gasteiger partial charge in [0.15, 0.2) is 0 Å². The van der Waals surface area contributed by atoms with E-state index in [1.807, 2.05) is 19.1 Å². The molecule has 0 aliphatic carbocycles. The van der Waals surface area contributed by atoms with Crippen molar-refractivity contribution in [2.24, 2.45) is 10.2 Å². The lowest BCUT2D eigenvalue weighted by molar-refractivity contribution is -0.120. The van der Waals surface area contributed by atoms with E-state index in [0.29, 0.717) is 34.9 Å². The lowest BCUT2D eigenvalue weighted by Gasteiger charge is -2.04. The first kappa shape index (κ1) is 18.0. The van der Waals surface area contributed by atoms with Gasteiger partial charge < -0.3 is 9.47 Å². The second-order valence-electron chi connectivity index (χ2n) is 5.66. The largest absolute Gasteiger partial charge is 0.429 e. The molecule has 0 amide bonds. The topological polar surface area (TPSA) is 77.3 Å². The normalized spacial score (nSPS) is 10.6. The fraction of sp³-hybridized carbons (Fsp3) is 0.0476. The highest BCUT2D eigenvalue weighted by molar-refractivity contribution is 5.91. The van der Waals surface area contributed by atoms with E-state index >= 15 is 0 Å². The van der Waals surface area contributed by atoms with Crippen molar-refractivity contribution in [1.82, 2.24) is 0 Å². The molecule has 0 bridgehead atoms. The molecule has 27 heavy (non-hydrogen) atoms. The molecule has 0 aliphatic heterocycles. The highest BCUT2D eigenvalue weighted by atomic mass is 16.5. The number of esters is 1. The molecule has 3 aromatic carbocycles. The molecule has 6 nitrogen and oxygen atoms in total. The summed E-state index contributed by atoms with van der Waals surface area (Å²) in [4.78, 5) is 22.4. The maximum Gasteiger partial charge on any atom is 0.343 e. The average Bonchev–Trinajstić information content (AvgIpc) is 2.69. The summed E-state index contributed by atoms with van der Waals surface area (Å²) in [6.45, 7) is 2.32. The number of benzene rings is 3. The Labute approximate surface area is 156 Å². The van der Waals surface area contributed by atoms with E-state index in [-0.39, 0.29) is 0 Å². The van der Waals surface area contributed by atoms with Crippen LogP contribution in [-0.2, 0) is 4.79 Å². The number of aryl methyl sites for hydroxylation is 1. The lowest BCUT2D eigenvalue weighted by Crippen LogP contribution is -2.08. The van der Waals surface area contributed by atoms with Crippen LogP contribution in [-0.4, -0.2) is 12.4 Å². The third-order valence-corrected chi connectivity index (χ3v) is 3.64. The standard InChI is InChI=1S/C21H16N2O4/c1-15-2-4-16(5-3-15)21(25)27-20-12-8-18(9-13-20)23-22-17-6-10-19(11-7-17)26-14-24/h2-14H,1H3. The van der Waals surface area contributed by atoms with Crippen LogP contribution >= 0.6 is 0 Å². The van der Waals surface area contributed by atoms with Crippen molar-refractivity contribution in [3.63, 3.8) is 0 Å². The molecule has 0 N–H and O–H groups in total. The molecule has 0 aliphatic rings. The van der Waals surface area contributed by atoms with Crippen molar-refractivity contribution in [2.75, 3.05) is 0 Å². The second kappa shape index (κ2) is 8.53. The van der Waals surface area contributed by atoms with E-state index in [4.69, 9.17) is 9.47 Å². The summed E-state index contributed by atoms with van der Waals surface area (Å²) in [5.74, 6) is 0.445. The molecular formula is C21H16N2O4.